The Kier molecular flexibility index (Phi) is 5.03. The summed E-state index contributed by atoms with van der Waals surface area (Å²) in [7, 11) is 0. The fourth-order valence-electron chi connectivity index (χ4n) is 2.59. The smallest absolute Gasteiger partial charge is 0.239 e. The molecule has 2 aromatic heterocycles. The standard InChI is InChI=1S/C18H16BrN5OS/c1-12(26-14-8-6-13(19)7-9-14)18-20-17(22-25-18)10-11-24-16-5-3-2-4-15(16)21-23-24/h2-9,12H,10-11H2,1H3. The van der Waals surface area contributed by atoms with Gasteiger partial charge in [0.25, 0.3) is 0 Å². The van der Waals surface area contributed by atoms with E-state index in [0.29, 0.717) is 24.7 Å². The van der Waals surface area contributed by atoms with Crippen LogP contribution in [0, 0.1) is 0 Å². The molecule has 6 nitrogen and oxygen atoms in total. The molecule has 0 amide bonds. The fourth-order valence-corrected chi connectivity index (χ4v) is 3.75. The van der Waals surface area contributed by atoms with Gasteiger partial charge in [-0.15, -0.1) is 16.9 Å². The number of fused-ring (bicyclic) bond motifs is 1. The van der Waals surface area contributed by atoms with Gasteiger partial charge in [-0.2, -0.15) is 4.98 Å². The molecule has 1 atom stereocenters. The first-order chi connectivity index (χ1) is 12.7. The molecule has 0 fully saturated rings. The SMILES string of the molecule is CC(Sc1ccc(Br)cc1)c1nc(CCn2nnc3ccccc32)no1. The molecular weight excluding hydrogens is 414 g/mol. The summed E-state index contributed by atoms with van der Waals surface area (Å²) < 4.78 is 8.37. The summed E-state index contributed by atoms with van der Waals surface area (Å²) in [6.45, 7) is 2.72. The van der Waals surface area contributed by atoms with Crippen molar-refractivity contribution in [2.45, 2.75) is 30.0 Å². The maximum Gasteiger partial charge on any atom is 0.239 e. The molecule has 26 heavy (non-hydrogen) atoms. The molecule has 0 N–H and O–H groups in total. The van der Waals surface area contributed by atoms with E-state index in [2.05, 4.69) is 55.4 Å². The molecule has 0 spiro atoms. The Morgan fingerprint density at radius 2 is 1.96 bits per heavy atom. The maximum absolute atomic E-state index is 5.44. The molecule has 4 aromatic rings. The van der Waals surface area contributed by atoms with Gasteiger partial charge >= 0.3 is 0 Å². The van der Waals surface area contributed by atoms with Gasteiger partial charge < -0.3 is 4.52 Å². The van der Waals surface area contributed by atoms with Crippen LogP contribution in [0.2, 0.25) is 0 Å². The number of hydrogen-bond donors (Lipinski definition) is 0. The predicted molar refractivity (Wildman–Crippen MR) is 104 cm³/mol. The van der Waals surface area contributed by atoms with E-state index in [9.17, 15) is 0 Å². The zero-order valence-corrected chi connectivity index (χ0v) is 16.4. The van der Waals surface area contributed by atoms with Crippen LogP contribution in [-0.4, -0.2) is 25.1 Å². The van der Waals surface area contributed by atoms with Gasteiger partial charge in [0, 0.05) is 15.8 Å². The summed E-state index contributed by atoms with van der Waals surface area (Å²) in [5.74, 6) is 1.32. The van der Waals surface area contributed by atoms with Crippen LogP contribution in [0.5, 0.6) is 0 Å². The Morgan fingerprint density at radius 3 is 2.81 bits per heavy atom. The topological polar surface area (TPSA) is 69.6 Å². The first kappa shape index (κ1) is 17.2. The number of hydrogen-bond acceptors (Lipinski definition) is 6. The normalized spacial score (nSPS) is 12.5. The van der Waals surface area contributed by atoms with Crippen molar-refractivity contribution in [2.24, 2.45) is 0 Å². The van der Waals surface area contributed by atoms with E-state index >= 15 is 0 Å². The Bertz CT molecular complexity index is 1010. The molecule has 0 aliphatic rings. The van der Waals surface area contributed by atoms with Crippen molar-refractivity contribution in [1.29, 1.82) is 0 Å². The van der Waals surface area contributed by atoms with Crippen molar-refractivity contribution in [3.63, 3.8) is 0 Å². The number of nitrogens with zero attached hydrogens (tertiary/aromatic N) is 5. The van der Waals surface area contributed by atoms with Crippen molar-refractivity contribution < 1.29 is 4.52 Å². The number of rotatable bonds is 6. The molecule has 2 aromatic carbocycles. The number of thioether (sulfide) groups is 1. The number of aryl methyl sites for hydroxylation is 2. The summed E-state index contributed by atoms with van der Waals surface area (Å²) in [4.78, 5) is 5.70. The molecule has 0 saturated carbocycles. The van der Waals surface area contributed by atoms with Gasteiger partial charge in [-0.1, -0.05) is 38.4 Å². The number of aromatic nitrogens is 5. The van der Waals surface area contributed by atoms with Crippen molar-refractivity contribution >= 4 is 38.7 Å². The van der Waals surface area contributed by atoms with Crippen LogP contribution >= 0.6 is 27.7 Å². The molecule has 8 heteroatoms. The second kappa shape index (κ2) is 7.59. The lowest BCUT2D eigenvalue weighted by Gasteiger charge is -2.06. The number of para-hydroxylation sites is 1. The van der Waals surface area contributed by atoms with Crippen LogP contribution in [0.15, 0.2) is 62.4 Å². The van der Waals surface area contributed by atoms with Gasteiger partial charge in [0.2, 0.25) is 5.89 Å². The van der Waals surface area contributed by atoms with Crippen molar-refractivity contribution in [3.05, 3.63) is 64.7 Å². The van der Waals surface area contributed by atoms with Gasteiger partial charge in [0.15, 0.2) is 5.82 Å². The van der Waals surface area contributed by atoms with Crippen LogP contribution in [0.4, 0.5) is 0 Å². The second-order valence-corrected chi connectivity index (χ2v) is 8.14. The lowest BCUT2D eigenvalue weighted by atomic mass is 10.3. The van der Waals surface area contributed by atoms with Crippen LogP contribution < -0.4 is 0 Å². The molecule has 132 valence electrons. The number of benzene rings is 2. The third kappa shape index (κ3) is 3.81. The van der Waals surface area contributed by atoms with E-state index in [1.165, 1.54) is 0 Å². The average Bonchev–Trinajstić information content (AvgIpc) is 3.29. The van der Waals surface area contributed by atoms with Crippen LogP contribution in [-0.2, 0) is 13.0 Å². The Labute approximate surface area is 163 Å². The first-order valence-electron chi connectivity index (χ1n) is 8.22. The highest BCUT2D eigenvalue weighted by Gasteiger charge is 2.16. The molecule has 4 rings (SSSR count). The van der Waals surface area contributed by atoms with Crippen molar-refractivity contribution in [2.75, 3.05) is 0 Å². The fraction of sp³-hybridized carbons (Fsp3) is 0.222. The molecule has 1 unspecified atom stereocenters. The van der Waals surface area contributed by atoms with E-state index in [1.807, 2.05) is 41.1 Å². The molecule has 0 aliphatic carbocycles. The van der Waals surface area contributed by atoms with E-state index in [1.54, 1.807) is 11.8 Å². The third-order valence-corrected chi connectivity index (χ3v) is 5.55. The Morgan fingerprint density at radius 1 is 1.15 bits per heavy atom. The largest absolute Gasteiger partial charge is 0.338 e. The van der Waals surface area contributed by atoms with Crippen LogP contribution in [0.25, 0.3) is 11.0 Å². The molecular formula is C18H16BrN5OS. The predicted octanol–water partition coefficient (Wildman–Crippen LogP) is 4.67. The van der Waals surface area contributed by atoms with E-state index in [4.69, 9.17) is 4.52 Å². The maximum atomic E-state index is 5.44. The second-order valence-electron chi connectivity index (χ2n) is 5.81. The Hall–Kier alpha value is -2.19. The van der Waals surface area contributed by atoms with Crippen molar-refractivity contribution in [1.82, 2.24) is 25.1 Å². The molecule has 0 radical (unpaired) electrons. The molecule has 0 bridgehead atoms. The minimum absolute atomic E-state index is 0.0876. The van der Waals surface area contributed by atoms with Gasteiger partial charge in [0.1, 0.15) is 5.52 Å². The third-order valence-electron chi connectivity index (χ3n) is 3.93. The zero-order valence-electron chi connectivity index (χ0n) is 14.0. The average molecular weight is 430 g/mol. The van der Waals surface area contributed by atoms with Crippen LogP contribution in [0.3, 0.4) is 0 Å². The summed E-state index contributed by atoms with van der Waals surface area (Å²) in [5.41, 5.74) is 1.90. The quantitative estimate of drug-likeness (QED) is 0.414. The summed E-state index contributed by atoms with van der Waals surface area (Å²) in [6.07, 6.45) is 0.645. The van der Waals surface area contributed by atoms with Gasteiger partial charge in [-0.05, 0) is 43.3 Å². The Balaban J connectivity index is 1.40. The molecule has 0 saturated heterocycles. The minimum Gasteiger partial charge on any atom is -0.338 e. The van der Waals surface area contributed by atoms with E-state index in [-0.39, 0.29) is 5.25 Å². The highest BCUT2D eigenvalue weighted by Crippen LogP contribution is 2.34. The lowest BCUT2D eigenvalue weighted by molar-refractivity contribution is 0.373. The van der Waals surface area contributed by atoms with Gasteiger partial charge in [-0.25, -0.2) is 4.68 Å². The highest BCUT2D eigenvalue weighted by atomic mass is 79.9. The summed E-state index contributed by atoms with van der Waals surface area (Å²) in [6, 6.07) is 16.1. The molecule has 2 heterocycles. The minimum atomic E-state index is 0.0876. The van der Waals surface area contributed by atoms with Gasteiger partial charge in [-0.3, -0.25) is 0 Å². The number of halogens is 1. The van der Waals surface area contributed by atoms with E-state index < -0.39 is 0 Å². The van der Waals surface area contributed by atoms with Gasteiger partial charge in [0.05, 0.1) is 17.3 Å². The molecule has 0 aliphatic heterocycles. The zero-order chi connectivity index (χ0) is 17.9. The van der Waals surface area contributed by atoms with Crippen LogP contribution in [0.1, 0.15) is 23.9 Å². The summed E-state index contributed by atoms with van der Waals surface area (Å²) >= 11 is 5.14. The highest BCUT2D eigenvalue weighted by molar-refractivity contribution is 9.10. The first-order valence-corrected chi connectivity index (χ1v) is 9.89. The summed E-state index contributed by atoms with van der Waals surface area (Å²) in [5, 5.41) is 12.5. The lowest BCUT2D eigenvalue weighted by Crippen LogP contribution is -2.04. The van der Waals surface area contributed by atoms with Crippen molar-refractivity contribution in [3.8, 4) is 0 Å². The van der Waals surface area contributed by atoms with E-state index in [0.717, 1.165) is 20.4 Å². The monoisotopic (exact) mass is 429 g/mol.